The van der Waals surface area contributed by atoms with E-state index in [2.05, 4.69) is 10.4 Å². The number of aryl methyl sites for hydroxylation is 2. The van der Waals surface area contributed by atoms with Crippen LogP contribution in [0.2, 0.25) is 0 Å². The van der Waals surface area contributed by atoms with E-state index < -0.39 is 34.0 Å². The van der Waals surface area contributed by atoms with Crippen LogP contribution in [0.5, 0.6) is 0 Å². The molecule has 40 heavy (non-hydrogen) atoms. The summed E-state index contributed by atoms with van der Waals surface area (Å²) in [7, 11) is -2.32. The van der Waals surface area contributed by atoms with Gasteiger partial charge in [0.1, 0.15) is 10.7 Å². The number of halogens is 4. The fourth-order valence-electron chi connectivity index (χ4n) is 4.87. The quantitative estimate of drug-likeness (QED) is 0.284. The molecule has 2 aromatic carbocycles. The second-order valence-electron chi connectivity index (χ2n) is 10.1. The van der Waals surface area contributed by atoms with Gasteiger partial charge >= 0.3 is 6.18 Å². The highest BCUT2D eigenvalue weighted by Crippen LogP contribution is 2.36. The summed E-state index contributed by atoms with van der Waals surface area (Å²) in [6, 6.07) is 8.48. The lowest BCUT2D eigenvalue weighted by Crippen LogP contribution is -2.52. The minimum absolute atomic E-state index is 0.0262. The summed E-state index contributed by atoms with van der Waals surface area (Å²) in [5.41, 5.74) is 3.41. The minimum atomic E-state index is -4.40. The van der Waals surface area contributed by atoms with Crippen LogP contribution < -0.4 is 5.32 Å². The average molecular weight is 581 g/mol. The molecule has 1 aliphatic heterocycles. The molecule has 3 aromatic rings. The molecule has 13 heteroatoms. The predicted molar refractivity (Wildman–Crippen MR) is 145 cm³/mol. The first-order chi connectivity index (χ1) is 18.7. The van der Waals surface area contributed by atoms with Crippen molar-refractivity contribution < 1.29 is 26.0 Å². The number of hydrogen-bond acceptors (Lipinski definition) is 6. The van der Waals surface area contributed by atoms with Gasteiger partial charge in [0.05, 0.1) is 17.8 Å². The maximum atomic E-state index is 13.6. The Balaban J connectivity index is 1.73. The SMILES string of the molecule is Cc1cc(Nc2ccc(F)cc2)c(C=N)cc1[C@H]1CN(S(=O)(=O)c2cnn(C)c2C)CCN1CC(C)C(F)(F)F. The number of benzene rings is 2. The van der Waals surface area contributed by atoms with E-state index >= 15 is 0 Å². The highest BCUT2D eigenvalue weighted by molar-refractivity contribution is 7.89. The van der Waals surface area contributed by atoms with Gasteiger partial charge in [-0.3, -0.25) is 9.58 Å². The van der Waals surface area contributed by atoms with Gasteiger partial charge in [-0.05, 0) is 61.4 Å². The van der Waals surface area contributed by atoms with Gasteiger partial charge < -0.3 is 10.7 Å². The monoisotopic (exact) mass is 580 g/mol. The summed E-state index contributed by atoms with van der Waals surface area (Å²) in [6.45, 7) is 4.31. The maximum absolute atomic E-state index is 13.6. The molecular weight excluding hydrogens is 548 g/mol. The number of rotatable bonds is 8. The third-order valence-corrected chi connectivity index (χ3v) is 9.37. The van der Waals surface area contributed by atoms with E-state index in [1.54, 1.807) is 50.1 Å². The molecule has 2 atom stereocenters. The van der Waals surface area contributed by atoms with E-state index in [4.69, 9.17) is 5.41 Å². The van der Waals surface area contributed by atoms with Crippen molar-refractivity contribution in [2.24, 2.45) is 13.0 Å². The Morgan fingerprint density at radius 3 is 2.42 bits per heavy atom. The van der Waals surface area contributed by atoms with Gasteiger partial charge in [0, 0.05) is 62.4 Å². The summed E-state index contributed by atoms with van der Waals surface area (Å²) in [6.07, 6.45) is -2.00. The van der Waals surface area contributed by atoms with E-state index in [9.17, 15) is 26.0 Å². The van der Waals surface area contributed by atoms with Crippen molar-refractivity contribution in [1.82, 2.24) is 19.0 Å². The molecule has 1 saturated heterocycles. The van der Waals surface area contributed by atoms with E-state index in [0.29, 0.717) is 33.8 Å². The van der Waals surface area contributed by atoms with Crippen molar-refractivity contribution in [3.8, 4) is 0 Å². The topological polar surface area (TPSA) is 94.3 Å². The van der Waals surface area contributed by atoms with Crippen molar-refractivity contribution in [1.29, 1.82) is 5.41 Å². The second-order valence-corrected chi connectivity index (χ2v) is 12.0. The molecule has 4 rings (SSSR count). The number of aromatic nitrogens is 2. The van der Waals surface area contributed by atoms with Crippen molar-refractivity contribution in [2.45, 2.75) is 37.9 Å². The molecule has 0 bridgehead atoms. The number of piperazine rings is 1. The molecule has 0 aliphatic carbocycles. The first-order valence-corrected chi connectivity index (χ1v) is 14.1. The largest absolute Gasteiger partial charge is 0.392 e. The summed E-state index contributed by atoms with van der Waals surface area (Å²) in [4.78, 5) is 1.73. The standard InChI is InChI=1S/C27H32F4N6O2S/c1-17-11-24(34-22-7-5-21(28)6-8-22)20(13-32)12-23(17)25-16-37(10-9-36(25)15-18(2)27(29,30)31)40(38,39)26-14-33-35(4)19(26)3/h5-8,11-14,18,25,32,34H,9-10,15-16H2,1-4H3/t18?,25-/m1/s1. The Kier molecular flexibility index (Phi) is 8.38. The first kappa shape index (κ1) is 29.7. The molecule has 1 fully saturated rings. The lowest BCUT2D eigenvalue weighted by atomic mass is 9.94. The van der Waals surface area contributed by atoms with E-state index in [-0.39, 0.29) is 31.1 Å². The number of sulfonamides is 1. The molecule has 2 N–H and O–H groups in total. The smallest absolute Gasteiger partial charge is 0.355 e. The molecule has 1 aliphatic rings. The van der Waals surface area contributed by atoms with Crippen LogP contribution in [0.4, 0.5) is 28.9 Å². The van der Waals surface area contributed by atoms with Crippen LogP contribution in [0.25, 0.3) is 0 Å². The van der Waals surface area contributed by atoms with Gasteiger partial charge in [-0.25, -0.2) is 12.8 Å². The van der Waals surface area contributed by atoms with E-state index in [1.165, 1.54) is 27.3 Å². The van der Waals surface area contributed by atoms with Crippen LogP contribution >= 0.6 is 0 Å². The first-order valence-electron chi connectivity index (χ1n) is 12.7. The third-order valence-electron chi connectivity index (χ3n) is 7.41. The number of anilines is 2. The fourth-order valence-corrected chi connectivity index (χ4v) is 6.49. The van der Waals surface area contributed by atoms with Crippen molar-refractivity contribution in [3.05, 3.63) is 70.8 Å². The molecule has 0 saturated carbocycles. The van der Waals surface area contributed by atoms with Crippen molar-refractivity contribution in [2.75, 3.05) is 31.5 Å². The van der Waals surface area contributed by atoms with Crippen molar-refractivity contribution >= 4 is 27.6 Å². The molecule has 0 spiro atoms. The normalized spacial score (nSPS) is 18.1. The summed E-state index contributed by atoms with van der Waals surface area (Å²) in [5, 5.41) is 15.2. The summed E-state index contributed by atoms with van der Waals surface area (Å²) in [5.74, 6) is -2.02. The summed E-state index contributed by atoms with van der Waals surface area (Å²) < 4.78 is 83.9. The lowest BCUT2D eigenvalue weighted by molar-refractivity contribution is -0.176. The Hall–Kier alpha value is -3.29. The summed E-state index contributed by atoms with van der Waals surface area (Å²) >= 11 is 0. The zero-order valence-electron chi connectivity index (χ0n) is 22.6. The van der Waals surface area contributed by atoms with Crippen LogP contribution in [0.15, 0.2) is 47.5 Å². The average Bonchev–Trinajstić information content (AvgIpc) is 3.24. The van der Waals surface area contributed by atoms with Crippen LogP contribution in [-0.2, 0) is 17.1 Å². The molecule has 0 amide bonds. The van der Waals surface area contributed by atoms with Crippen molar-refractivity contribution in [3.63, 3.8) is 0 Å². The lowest BCUT2D eigenvalue weighted by Gasteiger charge is -2.42. The number of nitrogens with zero attached hydrogens (tertiary/aromatic N) is 4. The Morgan fingerprint density at radius 1 is 1.18 bits per heavy atom. The fraction of sp³-hybridized carbons (Fsp3) is 0.407. The molecule has 8 nitrogen and oxygen atoms in total. The van der Waals surface area contributed by atoms with E-state index in [1.807, 2.05) is 0 Å². The zero-order chi connectivity index (χ0) is 29.4. The predicted octanol–water partition coefficient (Wildman–Crippen LogP) is 5.16. The van der Waals surface area contributed by atoms with Crippen LogP contribution in [0.3, 0.4) is 0 Å². The second kappa shape index (κ2) is 11.3. The molecule has 2 heterocycles. The molecule has 1 unspecified atom stereocenters. The van der Waals surface area contributed by atoms with Gasteiger partial charge in [-0.2, -0.15) is 22.6 Å². The number of alkyl halides is 3. The minimum Gasteiger partial charge on any atom is -0.355 e. The zero-order valence-corrected chi connectivity index (χ0v) is 23.4. The van der Waals surface area contributed by atoms with Gasteiger partial charge in [0.15, 0.2) is 0 Å². The van der Waals surface area contributed by atoms with Crippen LogP contribution in [-0.4, -0.2) is 66.0 Å². The Morgan fingerprint density at radius 2 is 1.85 bits per heavy atom. The number of nitrogens with one attached hydrogen (secondary N) is 2. The number of hydrogen-bond donors (Lipinski definition) is 2. The van der Waals surface area contributed by atoms with Crippen LogP contribution in [0, 0.1) is 31.0 Å². The highest BCUT2D eigenvalue weighted by atomic mass is 32.2. The van der Waals surface area contributed by atoms with Gasteiger partial charge in [-0.1, -0.05) is 6.92 Å². The van der Waals surface area contributed by atoms with Gasteiger partial charge in [0.2, 0.25) is 10.0 Å². The van der Waals surface area contributed by atoms with Gasteiger partial charge in [0.25, 0.3) is 0 Å². The van der Waals surface area contributed by atoms with Crippen LogP contribution in [0.1, 0.15) is 35.3 Å². The van der Waals surface area contributed by atoms with E-state index in [0.717, 1.165) is 13.1 Å². The molecular formula is C27H32F4N6O2S. The maximum Gasteiger partial charge on any atom is 0.392 e. The van der Waals surface area contributed by atoms with Gasteiger partial charge in [-0.15, -0.1) is 0 Å². The third kappa shape index (κ3) is 6.06. The molecule has 1 aromatic heterocycles. The highest BCUT2D eigenvalue weighted by Gasteiger charge is 2.42. The molecule has 216 valence electrons. The molecule has 0 radical (unpaired) electrons. The Bertz CT molecular complexity index is 1490. The Labute approximate surface area is 231 Å².